The van der Waals surface area contributed by atoms with Crippen molar-refractivity contribution in [1.29, 1.82) is 0 Å². The topological polar surface area (TPSA) is 35.6 Å². The van der Waals surface area contributed by atoms with Crippen molar-refractivity contribution in [3.05, 3.63) is 28.2 Å². The second-order valence-corrected chi connectivity index (χ2v) is 6.58. The molecule has 0 bridgehead atoms. The van der Waals surface area contributed by atoms with Gasteiger partial charge in [0.15, 0.2) is 0 Å². The van der Waals surface area contributed by atoms with E-state index in [9.17, 15) is 4.79 Å². The van der Waals surface area contributed by atoms with Gasteiger partial charge in [-0.15, -0.1) is 0 Å². The molecule has 1 atom stereocenters. The van der Waals surface area contributed by atoms with Crippen molar-refractivity contribution in [3.63, 3.8) is 0 Å². The summed E-state index contributed by atoms with van der Waals surface area (Å²) in [5, 5.41) is 3.92. The molecule has 4 nitrogen and oxygen atoms in total. The third-order valence-corrected chi connectivity index (χ3v) is 4.81. The fourth-order valence-corrected chi connectivity index (χ4v) is 3.52. The molecule has 2 saturated heterocycles. The highest BCUT2D eigenvalue weighted by atomic mass is 35.5. The van der Waals surface area contributed by atoms with Crippen LogP contribution < -0.4 is 5.32 Å². The molecule has 2 aliphatic rings. The lowest BCUT2D eigenvalue weighted by atomic mass is 10.1. The molecule has 0 radical (unpaired) electrons. The molecule has 0 saturated carbocycles. The van der Waals surface area contributed by atoms with Crippen LogP contribution in [-0.2, 0) is 4.79 Å². The van der Waals surface area contributed by atoms with Gasteiger partial charge in [0.1, 0.15) is 0 Å². The van der Waals surface area contributed by atoms with Crippen LogP contribution in [-0.4, -0.2) is 54.5 Å². The molecule has 0 aliphatic carbocycles. The van der Waals surface area contributed by atoms with Gasteiger partial charge in [0.25, 0.3) is 0 Å². The Morgan fingerprint density at radius 2 is 2.14 bits per heavy atom. The van der Waals surface area contributed by atoms with Crippen molar-refractivity contribution in [3.8, 4) is 0 Å². The number of fused-ring (bicyclic) bond motifs is 1. The highest BCUT2D eigenvalue weighted by molar-refractivity contribution is 6.35. The summed E-state index contributed by atoms with van der Waals surface area (Å²) in [5.74, 6) is -0.0365. The number of halogens is 2. The van der Waals surface area contributed by atoms with Gasteiger partial charge in [0.05, 0.1) is 17.3 Å². The molecule has 2 aliphatic heterocycles. The normalized spacial score (nSPS) is 23.0. The number of piperazine rings is 1. The molecule has 1 aromatic rings. The smallest absolute Gasteiger partial charge is 0.238 e. The van der Waals surface area contributed by atoms with Crippen molar-refractivity contribution in [2.45, 2.75) is 18.9 Å². The first-order valence-electron chi connectivity index (χ1n) is 7.33. The summed E-state index contributed by atoms with van der Waals surface area (Å²) in [6, 6.07) is 5.70. The van der Waals surface area contributed by atoms with E-state index in [2.05, 4.69) is 15.1 Å². The Balaban J connectivity index is 1.55. The van der Waals surface area contributed by atoms with Gasteiger partial charge in [-0.25, -0.2) is 0 Å². The van der Waals surface area contributed by atoms with Crippen LogP contribution in [0.4, 0.5) is 5.69 Å². The van der Waals surface area contributed by atoms with Crippen LogP contribution in [0.2, 0.25) is 10.0 Å². The van der Waals surface area contributed by atoms with Crippen LogP contribution in [0, 0.1) is 0 Å². The van der Waals surface area contributed by atoms with Gasteiger partial charge in [-0.1, -0.05) is 23.2 Å². The number of rotatable bonds is 3. The van der Waals surface area contributed by atoms with E-state index in [1.54, 1.807) is 18.2 Å². The van der Waals surface area contributed by atoms with Crippen molar-refractivity contribution >= 4 is 34.8 Å². The van der Waals surface area contributed by atoms with Crippen molar-refractivity contribution in [2.24, 2.45) is 0 Å². The summed E-state index contributed by atoms with van der Waals surface area (Å²) in [6.07, 6.45) is 2.53. The standard InChI is InChI=1S/C15H19Cl2N3O/c16-11-3-4-13(17)14(8-11)18-15(21)10-19-6-7-20-5-1-2-12(20)9-19/h3-4,8,12H,1-2,5-7,9-10H2,(H,18,21). The minimum Gasteiger partial charge on any atom is -0.324 e. The highest BCUT2D eigenvalue weighted by Gasteiger charge is 2.31. The molecule has 2 fully saturated rings. The predicted octanol–water partition coefficient (Wildman–Crippen LogP) is 2.71. The summed E-state index contributed by atoms with van der Waals surface area (Å²) in [5.41, 5.74) is 0.577. The van der Waals surface area contributed by atoms with Crippen LogP contribution >= 0.6 is 23.2 Å². The molecule has 6 heteroatoms. The molecule has 0 aromatic heterocycles. The summed E-state index contributed by atoms with van der Waals surface area (Å²) in [7, 11) is 0. The fraction of sp³-hybridized carbons (Fsp3) is 0.533. The van der Waals surface area contributed by atoms with E-state index >= 15 is 0 Å². The molecule has 0 spiro atoms. The van der Waals surface area contributed by atoms with Crippen LogP contribution in [0.1, 0.15) is 12.8 Å². The van der Waals surface area contributed by atoms with E-state index in [1.807, 2.05) is 0 Å². The molecule has 3 rings (SSSR count). The number of nitrogens with zero attached hydrogens (tertiary/aromatic N) is 2. The average molecular weight is 328 g/mol. The van der Waals surface area contributed by atoms with E-state index in [0.717, 1.165) is 19.6 Å². The minimum atomic E-state index is -0.0365. The second kappa shape index (κ2) is 6.53. The number of amides is 1. The van der Waals surface area contributed by atoms with Gasteiger partial charge in [0, 0.05) is 30.7 Å². The average Bonchev–Trinajstić information content (AvgIpc) is 2.90. The molecule has 1 N–H and O–H groups in total. The van der Waals surface area contributed by atoms with Crippen LogP contribution in [0.5, 0.6) is 0 Å². The maximum absolute atomic E-state index is 12.2. The van der Waals surface area contributed by atoms with Crippen molar-refractivity contribution in [1.82, 2.24) is 9.80 Å². The van der Waals surface area contributed by atoms with Gasteiger partial charge in [-0.2, -0.15) is 0 Å². The molecular weight excluding hydrogens is 309 g/mol. The van der Waals surface area contributed by atoms with Crippen LogP contribution in [0.15, 0.2) is 18.2 Å². The molecular formula is C15H19Cl2N3O. The number of hydrogen-bond acceptors (Lipinski definition) is 3. The zero-order valence-corrected chi connectivity index (χ0v) is 13.3. The van der Waals surface area contributed by atoms with Gasteiger partial charge in [-0.05, 0) is 37.6 Å². The van der Waals surface area contributed by atoms with Crippen LogP contribution in [0.25, 0.3) is 0 Å². The van der Waals surface area contributed by atoms with Gasteiger partial charge < -0.3 is 5.32 Å². The lowest BCUT2D eigenvalue weighted by molar-refractivity contribution is -0.117. The predicted molar refractivity (Wildman–Crippen MR) is 86.1 cm³/mol. The maximum atomic E-state index is 12.2. The molecule has 2 heterocycles. The first-order chi connectivity index (χ1) is 10.1. The highest BCUT2D eigenvalue weighted by Crippen LogP contribution is 2.25. The number of carbonyl (C=O) groups excluding carboxylic acids is 1. The van der Waals surface area contributed by atoms with E-state index in [-0.39, 0.29) is 5.91 Å². The molecule has 114 valence electrons. The monoisotopic (exact) mass is 327 g/mol. The Morgan fingerprint density at radius 1 is 1.29 bits per heavy atom. The van der Waals surface area contributed by atoms with Gasteiger partial charge >= 0.3 is 0 Å². The number of carbonyl (C=O) groups is 1. The SMILES string of the molecule is O=C(CN1CCN2CCCC2C1)Nc1cc(Cl)ccc1Cl. The maximum Gasteiger partial charge on any atom is 0.238 e. The lowest BCUT2D eigenvalue weighted by Gasteiger charge is -2.37. The summed E-state index contributed by atoms with van der Waals surface area (Å²) in [6.45, 7) is 4.62. The Kier molecular flexibility index (Phi) is 4.69. The number of anilines is 1. The van der Waals surface area contributed by atoms with Gasteiger partial charge in [0.2, 0.25) is 5.91 Å². The molecule has 1 unspecified atom stereocenters. The summed E-state index contributed by atoms with van der Waals surface area (Å²) < 4.78 is 0. The number of hydrogen-bond donors (Lipinski definition) is 1. The van der Waals surface area contributed by atoms with Crippen molar-refractivity contribution < 1.29 is 4.79 Å². The number of benzene rings is 1. The fourth-order valence-electron chi connectivity index (χ4n) is 3.19. The first kappa shape index (κ1) is 15.1. The molecule has 21 heavy (non-hydrogen) atoms. The first-order valence-corrected chi connectivity index (χ1v) is 8.09. The van der Waals surface area contributed by atoms with Crippen molar-refractivity contribution in [2.75, 3.05) is 38.0 Å². The molecule has 1 aromatic carbocycles. The summed E-state index contributed by atoms with van der Waals surface area (Å²) >= 11 is 12.0. The Labute approximate surface area is 135 Å². The third kappa shape index (κ3) is 3.69. The number of nitrogens with one attached hydrogen (secondary N) is 1. The van der Waals surface area contributed by atoms with E-state index in [0.29, 0.717) is 28.3 Å². The van der Waals surface area contributed by atoms with E-state index < -0.39 is 0 Å². The summed E-state index contributed by atoms with van der Waals surface area (Å²) in [4.78, 5) is 16.9. The molecule has 1 amide bonds. The Morgan fingerprint density at radius 3 is 3.00 bits per heavy atom. The Hall–Kier alpha value is -0.810. The largest absolute Gasteiger partial charge is 0.324 e. The zero-order valence-electron chi connectivity index (χ0n) is 11.8. The lowest BCUT2D eigenvalue weighted by Crippen LogP contribution is -2.51. The third-order valence-electron chi connectivity index (χ3n) is 4.24. The van der Waals surface area contributed by atoms with E-state index in [4.69, 9.17) is 23.2 Å². The zero-order chi connectivity index (χ0) is 14.8. The van der Waals surface area contributed by atoms with Crippen LogP contribution in [0.3, 0.4) is 0 Å². The quantitative estimate of drug-likeness (QED) is 0.927. The minimum absolute atomic E-state index is 0.0365. The second-order valence-electron chi connectivity index (χ2n) is 5.74. The Bertz CT molecular complexity index is 538. The van der Waals surface area contributed by atoms with Gasteiger partial charge in [-0.3, -0.25) is 14.6 Å². The van der Waals surface area contributed by atoms with E-state index in [1.165, 1.54) is 19.4 Å².